The van der Waals surface area contributed by atoms with Crippen LogP contribution < -0.4 is 4.74 Å². The topological polar surface area (TPSA) is 126 Å². The quantitative estimate of drug-likeness (QED) is 0.639. The van der Waals surface area contributed by atoms with E-state index in [0.717, 1.165) is 0 Å². The minimum atomic E-state index is -0.673. The molecule has 7 heteroatoms. The van der Waals surface area contributed by atoms with Gasteiger partial charge in [-0.15, -0.1) is 0 Å². The fourth-order valence-electron chi connectivity index (χ4n) is 3.66. The molecule has 2 heterocycles. The summed E-state index contributed by atoms with van der Waals surface area (Å²) in [5.74, 6) is -0.373. The maximum absolute atomic E-state index is 10.9. The molecular weight excluding hydrogens is 392 g/mol. The zero-order valence-electron chi connectivity index (χ0n) is 16.3. The third kappa shape index (κ3) is 3.19. The van der Waals surface area contributed by atoms with Gasteiger partial charge < -0.3 is 14.3 Å². The Bertz CT molecular complexity index is 1390. The summed E-state index contributed by atoms with van der Waals surface area (Å²) in [5.41, 5.74) is 1.84. The second-order valence-corrected chi connectivity index (χ2v) is 6.66. The molecule has 31 heavy (non-hydrogen) atoms. The van der Waals surface area contributed by atoms with Gasteiger partial charge in [0, 0.05) is 11.6 Å². The van der Waals surface area contributed by atoms with Gasteiger partial charge in [0.1, 0.15) is 41.0 Å². The predicted molar refractivity (Wildman–Crippen MR) is 112 cm³/mol. The number of allylic oxidation sites excluding steroid dienone is 3. The molecule has 0 saturated heterocycles. The van der Waals surface area contributed by atoms with E-state index in [2.05, 4.69) is 4.99 Å². The number of rotatable bonds is 3. The van der Waals surface area contributed by atoms with E-state index >= 15 is 0 Å². The van der Waals surface area contributed by atoms with Crippen LogP contribution in [0.2, 0.25) is 0 Å². The smallest absolute Gasteiger partial charge is 0.156 e. The number of nitrogens with zero attached hydrogens (tertiary/aromatic N) is 4. The molecule has 4 rings (SSSR count). The number of fused-ring (bicyclic) bond motifs is 1. The molecular formula is C24H14N4O3. The third-order valence-electron chi connectivity index (χ3n) is 5.01. The number of aliphatic imine (C=N–C) groups is 1. The van der Waals surface area contributed by atoms with Crippen LogP contribution in [0.3, 0.4) is 0 Å². The Kier molecular flexibility index (Phi) is 4.98. The van der Waals surface area contributed by atoms with Gasteiger partial charge in [0.25, 0.3) is 0 Å². The summed E-state index contributed by atoms with van der Waals surface area (Å²) in [4.78, 5) is 4.56. The molecule has 1 aliphatic heterocycles. The summed E-state index contributed by atoms with van der Waals surface area (Å²) in [7, 11) is 1.48. The molecule has 0 radical (unpaired) electrons. The molecule has 0 saturated carbocycles. The Balaban J connectivity index is 2.06. The number of dihydropyridines is 1. The van der Waals surface area contributed by atoms with Crippen molar-refractivity contribution in [3.05, 3.63) is 82.8 Å². The van der Waals surface area contributed by atoms with Crippen LogP contribution in [-0.4, -0.2) is 17.9 Å². The zero-order valence-corrected chi connectivity index (χ0v) is 16.3. The average Bonchev–Trinajstić information content (AvgIpc) is 3.27. The lowest BCUT2D eigenvalue weighted by Crippen LogP contribution is -2.18. The standard InChI is InChI=1S/C24H14N4O3/c1-30-24-17-7-8-31-20(17)10-19(29)21(24)18-9-15(11-25)22(16(12-26)13-27)28-23(18)14-5-3-2-4-6-14/h2-10,18,29H,1H3. The number of hydrogen-bond acceptors (Lipinski definition) is 7. The van der Waals surface area contributed by atoms with Crippen LogP contribution >= 0.6 is 0 Å². The molecule has 2 aromatic carbocycles. The summed E-state index contributed by atoms with van der Waals surface area (Å²) in [6, 6.07) is 18.0. The minimum absolute atomic E-state index is 0.00505. The lowest BCUT2D eigenvalue weighted by molar-refractivity contribution is 0.404. The van der Waals surface area contributed by atoms with Crippen LogP contribution in [-0.2, 0) is 0 Å². The highest BCUT2D eigenvalue weighted by Crippen LogP contribution is 2.45. The lowest BCUT2D eigenvalue weighted by atomic mass is 9.83. The van der Waals surface area contributed by atoms with E-state index in [4.69, 9.17) is 9.15 Å². The van der Waals surface area contributed by atoms with Crippen molar-refractivity contribution >= 4 is 16.7 Å². The molecule has 3 aromatic rings. The summed E-state index contributed by atoms with van der Waals surface area (Å²) < 4.78 is 11.0. The van der Waals surface area contributed by atoms with Crippen molar-refractivity contribution in [3.63, 3.8) is 0 Å². The van der Waals surface area contributed by atoms with Gasteiger partial charge in [-0.3, -0.25) is 0 Å². The van der Waals surface area contributed by atoms with Gasteiger partial charge in [-0.05, 0) is 11.6 Å². The molecule has 0 spiro atoms. The number of hydrogen-bond donors (Lipinski definition) is 1. The van der Waals surface area contributed by atoms with Gasteiger partial charge in [-0.1, -0.05) is 36.4 Å². The molecule has 148 valence electrons. The highest BCUT2D eigenvalue weighted by atomic mass is 16.5. The van der Waals surface area contributed by atoms with Crippen molar-refractivity contribution in [1.82, 2.24) is 0 Å². The van der Waals surface area contributed by atoms with E-state index in [1.54, 1.807) is 24.3 Å². The van der Waals surface area contributed by atoms with Gasteiger partial charge in [-0.2, -0.15) is 15.8 Å². The molecule has 1 atom stereocenters. The number of phenolic OH excluding ortho intramolecular Hbond substituents is 1. The summed E-state index contributed by atoms with van der Waals surface area (Å²) in [5, 5.41) is 39.9. The minimum Gasteiger partial charge on any atom is -0.507 e. The average molecular weight is 406 g/mol. The first-order valence-corrected chi connectivity index (χ1v) is 9.20. The van der Waals surface area contributed by atoms with Crippen LogP contribution in [0.4, 0.5) is 0 Å². The SMILES string of the molecule is COc1c(C2C=C(C#N)C(=C(C#N)C#N)N=C2c2ccccc2)c(O)cc2occc12. The summed E-state index contributed by atoms with van der Waals surface area (Å²) >= 11 is 0. The Morgan fingerprint density at radius 1 is 1.13 bits per heavy atom. The lowest BCUT2D eigenvalue weighted by Gasteiger charge is -2.25. The van der Waals surface area contributed by atoms with E-state index in [1.165, 1.54) is 19.4 Å². The number of ether oxygens (including phenoxy) is 1. The van der Waals surface area contributed by atoms with Crippen LogP contribution in [0, 0.1) is 34.0 Å². The van der Waals surface area contributed by atoms with E-state index < -0.39 is 5.92 Å². The number of benzene rings is 2. The molecule has 0 aliphatic carbocycles. The molecule has 0 fully saturated rings. The molecule has 7 nitrogen and oxygen atoms in total. The highest BCUT2D eigenvalue weighted by Gasteiger charge is 2.32. The summed E-state index contributed by atoms with van der Waals surface area (Å²) in [6.45, 7) is 0. The van der Waals surface area contributed by atoms with Crippen LogP contribution in [0.25, 0.3) is 11.0 Å². The molecule has 0 bridgehead atoms. The second-order valence-electron chi connectivity index (χ2n) is 6.66. The fourth-order valence-corrected chi connectivity index (χ4v) is 3.66. The molecule has 1 aromatic heterocycles. The van der Waals surface area contributed by atoms with E-state index in [9.17, 15) is 20.9 Å². The first kappa shape index (κ1) is 19.5. The maximum atomic E-state index is 10.9. The Labute approximate surface area is 177 Å². The summed E-state index contributed by atoms with van der Waals surface area (Å²) in [6.07, 6.45) is 3.08. The third-order valence-corrected chi connectivity index (χ3v) is 5.01. The van der Waals surface area contributed by atoms with Crippen molar-refractivity contribution in [2.45, 2.75) is 5.92 Å². The van der Waals surface area contributed by atoms with Crippen molar-refractivity contribution < 1.29 is 14.3 Å². The zero-order chi connectivity index (χ0) is 22.0. The Morgan fingerprint density at radius 2 is 1.87 bits per heavy atom. The molecule has 1 aliphatic rings. The molecule has 1 unspecified atom stereocenters. The highest BCUT2D eigenvalue weighted by molar-refractivity contribution is 6.10. The number of furan rings is 1. The monoisotopic (exact) mass is 406 g/mol. The van der Waals surface area contributed by atoms with E-state index in [0.29, 0.717) is 33.6 Å². The number of nitriles is 3. The number of aromatic hydroxyl groups is 1. The van der Waals surface area contributed by atoms with Crippen LogP contribution in [0.1, 0.15) is 17.0 Å². The van der Waals surface area contributed by atoms with Crippen molar-refractivity contribution in [2.24, 2.45) is 4.99 Å². The van der Waals surface area contributed by atoms with E-state index in [-0.39, 0.29) is 22.6 Å². The van der Waals surface area contributed by atoms with Crippen LogP contribution in [0.5, 0.6) is 11.5 Å². The van der Waals surface area contributed by atoms with Gasteiger partial charge in [0.15, 0.2) is 5.57 Å². The van der Waals surface area contributed by atoms with Crippen molar-refractivity contribution in [3.8, 4) is 29.7 Å². The first-order valence-electron chi connectivity index (χ1n) is 9.20. The van der Waals surface area contributed by atoms with Gasteiger partial charge >= 0.3 is 0 Å². The van der Waals surface area contributed by atoms with Gasteiger partial charge in [0.05, 0.1) is 36.0 Å². The first-order chi connectivity index (χ1) is 15.1. The van der Waals surface area contributed by atoms with Gasteiger partial charge in [-0.25, -0.2) is 4.99 Å². The number of phenols is 1. The molecule has 0 amide bonds. The van der Waals surface area contributed by atoms with E-state index in [1.807, 2.05) is 36.4 Å². The second kappa shape index (κ2) is 7.91. The largest absolute Gasteiger partial charge is 0.507 e. The predicted octanol–water partition coefficient (Wildman–Crippen LogP) is 4.48. The number of methoxy groups -OCH3 is 1. The fraction of sp³-hybridized carbons (Fsp3) is 0.0833. The van der Waals surface area contributed by atoms with Crippen LogP contribution in [0.15, 0.2) is 81.1 Å². The molecule has 1 N–H and O–H groups in total. The Morgan fingerprint density at radius 3 is 2.52 bits per heavy atom. The van der Waals surface area contributed by atoms with Gasteiger partial charge in [0.2, 0.25) is 0 Å². The van der Waals surface area contributed by atoms with Crippen molar-refractivity contribution in [2.75, 3.05) is 7.11 Å². The normalized spacial score (nSPS) is 15.3. The Hall–Kier alpha value is -4.80. The maximum Gasteiger partial charge on any atom is 0.156 e. The van der Waals surface area contributed by atoms with Crippen molar-refractivity contribution in [1.29, 1.82) is 15.8 Å².